The fraction of sp³-hybridized carbons (Fsp3) is 0.571. The minimum Gasteiger partial charge on any atom is -0.385 e. The molecule has 1 N–H and O–H groups in total. The van der Waals surface area contributed by atoms with Crippen LogP contribution in [0.2, 0.25) is 5.02 Å². The average molecular weight is 320 g/mol. The third kappa shape index (κ3) is 4.27. The molecule has 0 aliphatic heterocycles. The van der Waals surface area contributed by atoms with Gasteiger partial charge < -0.3 is 5.11 Å². The summed E-state index contributed by atoms with van der Waals surface area (Å²) in [5, 5.41) is 11.2. The largest absolute Gasteiger partial charge is 0.385 e. The van der Waals surface area contributed by atoms with Crippen LogP contribution in [0, 0.1) is 5.41 Å². The molecule has 0 spiro atoms. The molecule has 0 radical (unpaired) electrons. The zero-order chi connectivity index (χ0) is 13.3. The molecular formula is C14H20BrClO. The van der Waals surface area contributed by atoms with E-state index in [4.69, 9.17) is 11.6 Å². The molecule has 96 valence electrons. The van der Waals surface area contributed by atoms with Gasteiger partial charge in [0.15, 0.2) is 0 Å². The van der Waals surface area contributed by atoms with Crippen LogP contribution >= 0.6 is 27.5 Å². The molecule has 0 heterocycles. The molecule has 1 nitrogen and oxygen atoms in total. The first-order chi connectivity index (χ1) is 7.63. The van der Waals surface area contributed by atoms with Gasteiger partial charge in [-0.25, -0.2) is 0 Å². The van der Waals surface area contributed by atoms with Crippen molar-refractivity contribution in [1.29, 1.82) is 0 Å². The van der Waals surface area contributed by atoms with E-state index in [1.165, 1.54) is 0 Å². The van der Waals surface area contributed by atoms with Crippen molar-refractivity contribution in [3.05, 3.63) is 33.3 Å². The van der Waals surface area contributed by atoms with Crippen LogP contribution < -0.4 is 0 Å². The third-order valence-corrected chi connectivity index (χ3v) is 3.84. The van der Waals surface area contributed by atoms with Crippen molar-refractivity contribution in [2.24, 2.45) is 5.41 Å². The first-order valence-electron chi connectivity index (χ1n) is 5.80. The summed E-state index contributed by atoms with van der Waals surface area (Å²) in [6.45, 7) is 8.34. The molecular weight excluding hydrogens is 300 g/mol. The van der Waals surface area contributed by atoms with Crippen molar-refractivity contribution in [2.75, 3.05) is 0 Å². The van der Waals surface area contributed by atoms with E-state index in [-0.39, 0.29) is 5.41 Å². The molecule has 17 heavy (non-hydrogen) atoms. The summed E-state index contributed by atoms with van der Waals surface area (Å²) in [4.78, 5) is 0. The molecule has 3 heteroatoms. The Hall–Kier alpha value is -0.0500. The third-order valence-electron chi connectivity index (χ3n) is 2.86. The number of hydrogen-bond acceptors (Lipinski definition) is 1. The lowest BCUT2D eigenvalue weighted by atomic mass is 9.82. The minimum atomic E-state index is -0.898. The van der Waals surface area contributed by atoms with Crippen LogP contribution in [0.15, 0.2) is 22.7 Å². The molecule has 0 saturated heterocycles. The number of halogens is 2. The van der Waals surface area contributed by atoms with Gasteiger partial charge in [0.1, 0.15) is 0 Å². The second-order valence-corrected chi connectivity index (χ2v) is 7.19. The topological polar surface area (TPSA) is 20.2 Å². The van der Waals surface area contributed by atoms with Crippen molar-refractivity contribution >= 4 is 27.5 Å². The Kier molecular flexibility index (Phi) is 4.67. The first kappa shape index (κ1) is 15.0. The Bertz CT molecular complexity index is 373. The van der Waals surface area contributed by atoms with Crippen molar-refractivity contribution in [3.8, 4) is 0 Å². The summed E-state index contributed by atoms with van der Waals surface area (Å²) >= 11 is 9.63. The van der Waals surface area contributed by atoms with Gasteiger partial charge in [-0.05, 0) is 37.3 Å². The monoisotopic (exact) mass is 318 g/mol. The number of benzene rings is 1. The molecule has 0 aromatic heterocycles. The first-order valence-corrected chi connectivity index (χ1v) is 6.97. The van der Waals surface area contributed by atoms with Crippen LogP contribution in [0.1, 0.15) is 46.1 Å². The normalized spacial score (nSPS) is 15.7. The summed E-state index contributed by atoms with van der Waals surface area (Å²) in [5.41, 5.74) is 0.0910. The second kappa shape index (κ2) is 5.29. The van der Waals surface area contributed by atoms with Crippen LogP contribution in [-0.4, -0.2) is 5.11 Å². The van der Waals surface area contributed by atoms with Gasteiger partial charge in [-0.15, -0.1) is 0 Å². The van der Waals surface area contributed by atoms with Crippen LogP contribution in [0.25, 0.3) is 0 Å². The molecule has 1 aromatic carbocycles. The highest BCUT2D eigenvalue weighted by Gasteiger charge is 2.29. The zero-order valence-electron chi connectivity index (χ0n) is 10.8. The lowest BCUT2D eigenvalue weighted by molar-refractivity contribution is 0.0352. The Morgan fingerprint density at radius 3 is 2.24 bits per heavy atom. The molecule has 0 bridgehead atoms. The minimum absolute atomic E-state index is 0.206. The summed E-state index contributed by atoms with van der Waals surface area (Å²) in [7, 11) is 0. The smallest absolute Gasteiger partial charge is 0.0894 e. The second-order valence-electron chi connectivity index (χ2n) is 5.93. The predicted molar refractivity (Wildman–Crippen MR) is 77.4 cm³/mol. The molecule has 1 unspecified atom stereocenters. The van der Waals surface area contributed by atoms with Crippen LogP contribution in [0.4, 0.5) is 0 Å². The van der Waals surface area contributed by atoms with E-state index < -0.39 is 5.60 Å². The molecule has 1 aromatic rings. The zero-order valence-corrected chi connectivity index (χ0v) is 13.2. The summed E-state index contributed by atoms with van der Waals surface area (Å²) < 4.78 is 0.865. The standard InChI is InChI=1S/C14H20BrClO/c1-13(2,3)8-9-14(4,17)12-10(15)6-5-7-11(12)16/h5-7,17H,8-9H2,1-4H3. The molecule has 1 atom stereocenters. The van der Waals surface area contributed by atoms with Crippen molar-refractivity contribution in [3.63, 3.8) is 0 Å². The SMILES string of the molecule is CC(C)(C)CCC(C)(O)c1c(Cl)cccc1Br. The van der Waals surface area contributed by atoms with Gasteiger partial charge in [-0.2, -0.15) is 0 Å². The van der Waals surface area contributed by atoms with Gasteiger partial charge in [-0.1, -0.05) is 54.4 Å². The van der Waals surface area contributed by atoms with Crippen molar-refractivity contribution in [2.45, 2.75) is 46.1 Å². The van der Waals surface area contributed by atoms with Crippen LogP contribution in [-0.2, 0) is 5.60 Å². The van der Waals surface area contributed by atoms with Crippen LogP contribution in [0.3, 0.4) is 0 Å². The van der Waals surface area contributed by atoms with Gasteiger partial charge in [-0.3, -0.25) is 0 Å². The molecule has 0 aliphatic carbocycles. The summed E-state index contributed by atoms with van der Waals surface area (Å²) in [6, 6.07) is 5.59. The fourth-order valence-electron chi connectivity index (χ4n) is 1.76. The van der Waals surface area contributed by atoms with E-state index in [9.17, 15) is 5.11 Å². The van der Waals surface area contributed by atoms with E-state index in [1.807, 2.05) is 25.1 Å². The maximum absolute atomic E-state index is 10.6. The van der Waals surface area contributed by atoms with E-state index in [0.717, 1.165) is 16.5 Å². The molecule has 0 amide bonds. The van der Waals surface area contributed by atoms with Gasteiger partial charge in [0.05, 0.1) is 5.60 Å². The highest BCUT2D eigenvalue weighted by atomic mass is 79.9. The summed E-state index contributed by atoms with van der Waals surface area (Å²) in [6.07, 6.45) is 1.64. The Balaban J connectivity index is 2.97. The predicted octanol–water partition coefficient (Wildman–Crippen LogP) is 5.14. The maximum Gasteiger partial charge on any atom is 0.0894 e. The van der Waals surface area contributed by atoms with E-state index in [0.29, 0.717) is 11.4 Å². The molecule has 0 fully saturated rings. The van der Waals surface area contributed by atoms with Gasteiger partial charge in [0.2, 0.25) is 0 Å². The van der Waals surface area contributed by atoms with Gasteiger partial charge in [0, 0.05) is 15.1 Å². The number of rotatable bonds is 3. The maximum atomic E-state index is 10.6. The molecule has 0 saturated carbocycles. The molecule has 0 aliphatic rings. The number of aliphatic hydroxyl groups is 1. The van der Waals surface area contributed by atoms with Crippen LogP contribution in [0.5, 0.6) is 0 Å². The lowest BCUT2D eigenvalue weighted by Crippen LogP contribution is -2.24. The number of hydrogen-bond donors (Lipinski definition) is 1. The lowest BCUT2D eigenvalue weighted by Gasteiger charge is -2.29. The Morgan fingerprint density at radius 1 is 1.18 bits per heavy atom. The highest BCUT2D eigenvalue weighted by Crippen LogP contribution is 2.39. The Labute approximate surface area is 117 Å². The van der Waals surface area contributed by atoms with Crippen molar-refractivity contribution in [1.82, 2.24) is 0 Å². The van der Waals surface area contributed by atoms with E-state index >= 15 is 0 Å². The fourth-order valence-corrected chi connectivity index (χ4v) is 3.04. The average Bonchev–Trinajstić information content (AvgIpc) is 2.13. The van der Waals surface area contributed by atoms with Crippen molar-refractivity contribution < 1.29 is 5.11 Å². The quantitative estimate of drug-likeness (QED) is 0.818. The Morgan fingerprint density at radius 2 is 1.76 bits per heavy atom. The van der Waals surface area contributed by atoms with E-state index in [2.05, 4.69) is 36.7 Å². The summed E-state index contributed by atoms with van der Waals surface area (Å²) in [5.74, 6) is 0. The van der Waals surface area contributed by atoms with Gasteiger partial charge in [0.25, 0.3) is 0 Å². The highest BCUT2D eigenvalue weighted by molar-refractivity contribution is 9.10. The molecule has 1 rings (SSSR count). The van der Waals surface area contributed by atoms with E-state index in [1.54, 1.807) is 0 Å². The van der Waals surface area contributed by atoms with Gasteiger partial charge >= 0.3 is 0 Å².